The highest BCUT2D eigenvalue weighted by Gasteiger charge is 2.20. The molecule has 1 aliphatic heterocycles. The van der Waals surface area contributed by atoms with E-state index in [1.165, 1.54) is 12.1 Å². The first-order chi connectivity index (χ1) is 12.1. The molecule has 0 aromatic heterocycles. The monoisotopic (exact) mass is 384 g/mol. The van der Waals surface area contributed by atoms with Gasteiger partial charge < -0.3 is 15.5 Å². The average Bonchev–Trinajstić information content (AvgIpc) is 2.61. The number of benzene rings is 1. The van der Waals surface area contributed by atoms with Gasteiger partial charge in [-0.15, -0.1) is 0 Å². The molecule has 0 bridgehead atoms. The van der Waals surface area contributed by atoms with Crippen LogP contribution in [-0.2, 0) is 4.79 Å². The van der Waals surface area contributed by atoms with Gasteiger partial charge in [0.05, 0.1) is 6.54 Å². The fraction of sp³-hybridized carbons (Fsp3) is 0.529. The van der Waals surface area contributed by atoms with E-state index in [0.29, 0.717) is 12.2 Å². The number of thioether (sulfide) groups is 1. The number of anilines is 1. The number of carbonyl (C=O) groups excluding carboxylic acids is 1. The van der Waals surface area contributed by atoms with Crippen LogP contribution in [0, 0.1) is 5.82 Å². The van der Waals surface area contributed by atoms with E-state index in [1.807, 2.05) is 11.8 Å². The zero-order valence-electron chi connectivity index (χ0n) is 14.5. The van der Waals surface area contributed by atoms with Crippen molar-refractivity contribution in [2.75, 3.05) is 56.6 Å². The van der Waals surface area contributed by atoms with Crippen LogP contribution < -0.4 is 10.6 Å². The number of nitrogens with zero attached hydrogens (tertiary/aromatic N) is 2. The summed E-state index contributed by atoms with van der Waals surface area (Å²) in [4.78, 5) is 16.3. The Kier molecular flexibility index (Phi) is 8.43. The summed E-state index contributed by atoms with van der Waals surface area (Å²) < 4.78 is 12.9. The van der Waals surface area contributed by atoms with Gasteiger partial charge in [-0.25, -0.2) is 4.39 Å². The third kappa shape index (κ3) is 7.17. The summed E-state index contributed by atoms with van der Waals surface area (Å²) in [5.41, 5.74) is 0.612. The van der Waals surface area contributed by atoms with E-state index < -0.39 is 0 Å². The second kappa shape index (κ2) is 10.6. The zero-order chi connectivity index (χ0) is 18.1. The molecule has 0 spiro atoms. The maximum absolute atomic E-state index is 12.9. The zero-order valence-corrected chi connectivity index (χ0v) is 16.1. The van der Waals surface area contributed by atoms with Gasteiger partial charge in [0.15, 0.2) is 5.11 Å². The molecule has 1 aromatic rings. The number of amides is 1. The topological polar surface area (TPSA) is 47.6 Å². The van der Waals surface area contributed by atoms with Crippen LogP contribution in [0.25, 0.3) is 0 Å². The highest BCUT2D eigenvalue weighted by Crippen LogP contribution is 2.09. The van der Waals surface area contributed by atoms with Crippen LogP contribution in [0.3, 0.4) is 0 Å². The fourth-order valence-electron chi connectivity index (χ4n) is 2.57. The van der Waals surface area contributed by atoms with Gasteiger partial charge in [0.2, 0.25) is 5.91 Å². The molecular weight excluding hydrogens is 359 g/mol. The minimum Gasteiger partial charge on any atom is -0.363 e. The number of carbonyl (C=O) groups is 1. The number of halogens is 1. The first-order valence-corrected chi connectivity index (χ1v) is 10.2. The third-order valence-corrected chi connectivity index (χ3v) is 5.06. The number of thiocarbonyl (C=S) groups is 1. The normalized spacial score (nSPS) is 15.0. The van der Waals surface area contributed by atoms with Gasteiger partial charge in [-0.3, -0.25) is 9.69 Å². The van der Waals surface area contributed by atoms with Crippen molar-refractivity contribution in [3.8, 4) is 0 Å². The van der Waals surface area contributed by atoms with Gasteiger partial charge in [-0.2, -0.15) is 11.8 Å². The Labute approximate surface area is 158 Å². The predicted molar refractivity (Wildman–Crippen MR) is 107 cm³/mol. The summed E-state index contributed by atoms with van der Waals surface area (Å²) >= 11 is 7.26. The largest absolute Gasteiger partial charge is 0.363 e. The molecule has 0 aliphatic carbocycles. The van der Waals surface area contributed by atoms with Crippen molar-refractivity contribution in [1.82, 2.24) is 15.1 Å². The van der Waals surface area contributed by atoms with Crippen LogP contribution in [0.5, 0.6) is 0 Å². The van der Waals surface area contributed by atoms with Gasteiger partial charge in [0.25, 0.3) is 0 Å². The molecule has 138 valence electrons. The van der Waals surface area contributed by atoms with Gasteiger partial charge >= 0.3 is 0 Å². The molecule has 1 heterocycles. The summed E-state index contributed by atoms with van der Waals surface area (Å²) in [6, 6.07) is 5.79. The van der Waals surface area contributed by atoms with Gasteiger partial charge in [-0.05, 0) is 54.9 Å². The van der Waals surface area contributed by atoms with Crippen molar-refractivity contribution in [2.24, 2.45) is 0 Å². The molecule has 1 amide bonds. The van der Waals surface area contributed by atoms with E-state index in [2.05, 4.69) is 26.7 Å². The lowest BCUT2D eigenvalue weighted by Crippen LogP contribution is -2.53. The lowest BCUT2D eigenvalue weighted by Gasteiger charge is -2.35. The Morgan fingerprint density at radius 1 is 1.24 bits per heavy atom. The van der Waals surface area contributed by atoms with E-state index in [4.69, 9.17) is 12.2 Å². The van der Waals surface area contributed by atoms with Crippen molar-refractivity contribution in [3.63, 3.8) is 0 Å². The first kappa shape index (κ1) is 19.9. The standard InChI is InChI=1S/C17H25FN4OS2/c1-25-12-2-7-19-17(24)22-10-8-21(9-11-22)13-16(23)20-15-5-3-14(18)4-6-15/h3-6H,2,7-13H2,1H3,(H,19,24)(H,20,23). The second-order valence-corrected chi connectivity index (χ2v) is 7.27. The quantitative estimate of drug-likeness (QED) is 0.554. The minimum atomic E-state index is -0.313. The highest BCUT2D eigenvalue weighted by atomic mass is 32.2. The van der Waals surface area contributed by atoms with Crippen molar-refractivity contribution in [1.29, 1.82) is 0 Å². The molecule has 1 aliphatic rings. The molecule has 0 saturated carbocycles. The highest BCUT2D eigenvalue weighted by molar-refractivity contribution is 7.98. The van der Waals surface area contributed by atoms with E-state index in [-0.39, 0.29) is 11.7 Å². The SMILES string of the molecule is CSCCCNC(=S)N1CCN(CC(=O)Nc2ccc(F)cc2)CC1. The minimum absolute atomic E-state index is 0.0853. The van der Waals surface area contributed by atoms with Gasteiger partial charge in [-0.1, -0.05) is 0 Å². The number of piperazine rings is 1. The van der Waals surface area contributed by atoms with E-state index >= 15 is 0 Å². The van der Waals surface area contributed by atoms with Crippen LogP contribution in [0.2, 0.25) is 0 Å². The molecule has 8 heteroatoms. The first-order valence-electron chi connectivity index (χ1n) is 8.38. The van der Waals surface area contributed by atoms with Gasteiger partial charge in [0.1, 0.15) is 5.82 Å². The Morgan fingerprint density at radius 3 is 2.56 bits per heavy atom. The van der Waals surface area contributed by atoms with Crippen molar-refractivity contribution >= 4 is 40.7 Å². The maximum Gasteiger partial charge on any atom is 0.238 e. The summed E-state index contributed by atoms with van der Waals surface area (Å²) in [5, 5.41) is 6.89. The molecule has 1 fully saturated rings. The second-order valence-electron chi connectivity index (χ2n) is 5.90. The van der Waals surface area contributed by atoms with Crippen molar-refractivity contribution in [3.05, 3.63) is 30.1 Å². The molecular formula is C17H25FN4OS2. The predicted octanol–water partition coefficient (Wildman–Crippen LogP) is 2.01. The molecule has 0 radical (unpaired) electrons. The lowest BCUT2D eigenvalue weighted by molar-refractivity contribution is -0.117. The van der Waals surface area contributed by atoms with Crippen LogP contribution in [0.1, 0.15) is 6.42 Å². The molecule has 2 N–H and O–H groups in total. The summed E-state index contributed by atoms with van der Waals surface area (Å²) in [6.07, 6.45) is 3.20. The molecule has 1 saturated heterocycles. The average molecular weight is 385 g/mol. The summed E-state index contributed by atoms with van der Waals surface area (Å²) in [6.45, 7) is 4.46. The Bertz CT molecular complexity index is 562. The third-order valence-electron chi connectivity index (χ3n) is 3.96. The Morgan fingerprint density at radius 2 is 1.92 bits per heavy atom. The molecule has 0 unspecified atom stereocenters. The molecule has 1 aromatic carbocycles. The van der Waals surface area contributed by atoms with E-state index in [1.54, 1.807) is 12.1 Å². The molecule has 2 rings (SSSR count). The number of hydrogen-bond donors (Lipinski definition) is 2. The van der Waals surface area contributed by atoms with Crippen LogP contribution in [0.15, 0.2) is 24.3 Å². The van der Waals surface area contributed by atoms with Crippen molar-refractivity contribution < 1.29 is 9.18 Å². The molecule has 5 nitrogen and oxygen atoms in total. The summed E-state index contributed by atoms with van der Waals surface area (Å²) in [7, 11) is 0. The number of rotatable bonds is 7. The van der Waals surface area contributed by atoms with Crippen LogP contribution in [0.4, 0.5) is 10.1 Å². The Balaban J connectivity index is 1.66. The smallest absolute Gasteiger partial charge is 0.238 e. The van der Waals surface area contributed by atoms with Crippen LogP contribution >= 0.6 is 24.0 Å². The van der Waals surface area contributed by atoms with E-state index in [0.717, 1.165) is 50.0 Å². The lowest BCUT2D eigenvalue weighted by atomic mass is 10.3. The fourth-order valence-corrected chi connectivity index (χ4v) is 3.29. The van der Waals surface area contributed by atoms with Crippen LogP contribution in [-0.4, -0.2) is 72.1 Å². The molecule has 25 heavy (non-hydrogen) atoms. The van der Waals surface area contributed by atoms with E-state index in [9.17, 15) is 9.18 Å². The number of hydrogen-bond acceptors (Lipinski definition) is 4. The Hall–Kier alpha value is -1.38. The molecule has 0 atom stereocenters. The van der Waals surface area contributed by atoms with Gasteiger partial charge in [0, 0.05) is 38.4 Å². The maximum atomic E-state index is 12.9. The summed E-state index contributed by atoms with van der Waals surface area (Å²) in [5.74, 6) is 0.733. The van der Waals surface area contributed by atoms with Crippen molar-refractivity contribution in [2.45, 2.75) is 6.42 Å². The number of nitrogens with one attached hydrogen (secondary N) is 2.